The normalized spacial score (nSPS) is 16.6. The highest BCUT2D eigenvalue weighted by atomic mass is 16.1. The Kier molecular flexibility index (Phi) is 4.51. The van der Waals surface area contributed by atoms with Gasteiger partial charge in [0.2, 0.25) is 5.91 Å². The summed E-state index contributed by atoms with van der Waals surface area (Å²) in [7, 11) is 0. The molecule has 0 atom stereocenters. The maximum Gasteiger partial charge on any atom is 0.224 e. The number of hydrogen-bond donors (Lipinski definition) is 2. The van der Waals surface area contributed by atoms with E-state index in [1.165, 1.54) is 36.6 Å². The molecule has 0 aliphatic heterocycles. The minimum atomic E-state index is 0.164. The third-order valence-electron chi connectivity index (χ3n) is 4.83. The van der Waals surface area contributed by atoms with Crippen molar-refractivity contribution in [2.75, 3.05) is 0 Å². The highest BCUT2D eigenvalue weighted by molar-refractivity contribution is 5.90. The highest BCUT2D eigenvalue weighted by Crippen LogP contribution is 2.24. The first kappa shape index (κ1) is 15.1. The number of carbonyl (C=O) groups is 1. The predicted octanol–water partition coefficient (Wildman–Crippen LogP) is 4.17. The first-order valence-electron chi connectivity index (χ1n) is 8.50. The number of benzene rings is 1. The summed E-state index contributed by atoms with van der Waals surface area (Å²) >= 11 is 0. The van der Waals surface area contributed by atoms with Crippen LogP contribution in [0.4, 0.5) is 0 Å². The molecule has 0 unspecified atom stereocenters. The number of hydrogen-bond acceptors (Lipinski definition) is 1. The zero-order chi connectivity index (χ0) is 15.5. The van der Waals surface area contributed by atoms with Crippen molar-refractivity contribution in [3.8, 4) is 0 Å². The monoisotopic (exact) mass is 298 g/mol. The molecule has 2 aromatic rings. The number of aromatic nitrogens is 1. The van der Waals surface area contributed by atoms with Crippen LogP contribution in [0.5, 0.6) is 0 Å². The van der Waals surface area contributed by atoms with Crippen molar-refractivity contribution in [3.05, 3.63) is 35.0 Å². The van der Waals surface area contributed by atoms with Crippen molar-refractivity contribution in [3.63, 3.8) is 0 Å². The van der Waals surface area contributed by atoms with Gasteiger partial charge in [-0.15, -0.1) is 0 Å². The third-order valence-corrected chi connectivity index (χ3v) is 4.83. The Balaban J connectivity index is 1.73. The quantitative estimate of drug-likeness (QED) is 0.821. The molecule has 3 rings (SSSR count). The maximum atomic E-state index is 12.4. The molecule has 1 aromatic carbocycles. The summed E-state index contributed by atoms with van der Waals surface area (Å²) in [6.07, 6.45) is 7.87. The van der Waals surface area contributed by atoms with Crippen LogP contribution in [0.1, 0.15) is 55.3 Å². The molecule has 1 saturated carbocycles. The molecule has 22 heavy (non-hydrogen) atoms. The van der Waals surface area contributed by atoms with E-state index in [4.69, 9.17) is 0 Å². The SMILES string of the molecule is Cc1ccc2[nH]c(C)c(CC(=O)NC3CCCCCC3)c2c1. The Morgan fingerprint density at radius 3 is 2.64 bits per heavy atom. The summed E-state index contributed by atoms with van der Waals surface area (Å²) in [6.45, 7) is 4.15. The zero-order valence-electron chi connectivity index (χ0n) is 13.7. The number of H-pyrrole nitrogens is 1. The van der Waals surface area contributed by atoms with Crippen LogP contribution in [0, 0.1) is 13.8 Å². The van der Waals surface area contributed by atoms with Crippen LogP contribution in [0.15, 0.2) is 18.2 Å². The molecule has 3 heteroatoms. The van der Waals surface area contributed by atoms with Gasteiger partial charge in [0.1, 0.15) is 0 Å². The zero-order valence-corrected chi connectivity index (χ0v) is 13.7. The molecule has 1 aliphatic rings. The highest BCUT2D eigenvalue weighted by Gasteiger charge is 2.17. The van der Waals surface area contributed by atoms with Crippen LogP contribution < -0.4 is 5.32 Å². The summed E-state index contributed by atoms with van der Waals surface area (Å²) < 4.78 is 0. The van der Waals surface area contributed by atoms with E-state index in [1.807, 2.05) is 0 Å². The maximum absolute atomic E-state index is 12.4. The predicted molar refractivity (Wildman–Crippen MR) is 91.1 cm³/mol. The van der Waals surface area contributed by atoms with Crippen LogP contribution in [0.2, 0.25) is 0 Å². The second-order valence-corrected chi connectivity index (χ2v) is 6.71. The Bertz CT molecular complexity index is 663. The van der Waals surface area contributed by atoms with E-state index in [0.717, 1.165) is 29.6 Å². The molecule has 2 N–H and O–H groups in total. The lowest BCUT2D eigenvalue weighted by atomic mass is 10.0. The van der Waals surface area contributed by atoms with E-state index in [1.54, 1.807) is 0 Å². The van der Waals surface area contributed by atoms with Gasteiger partial charge in [-0.2, -0.15) is 0 Å². The van der Waals surface area contributed by atoms with E-state index in [2.05, 4.69) is 42.3 Å². The van der Waals surface area contributed by atoms with Gasteiger partial charge in [0, 0.05) is 22.6 Å². The number of fused-ring (bicyclic) bond motifs is 1. The second-order valence-electron chi connectivity index (χ2n) is 6.71. The van der Waals surface area contributed by atoms with Gasteiger partial charge in [0.15, 0.2) is 0 Å². The summed E-state index contributed by atoms with van der Waals surface area (Å²) in [5.74, 6) is 0.164. The van der Waals surface area contributed by atoms with Crippen LogP contribution in [-0.2, 0) is 11.2 Å². The van der Waals surface area contributed by atoms with Gasteiger partial charge in [0.05, 0.1) is 6.42 Å². The van der Waals surface area contributed by atoms with E-state index in [9.17, 15) is 4.79 Å². The van der Waals surface area contributed by atoms with Crippen molar-refractivity contribution in [1.29, 1.82) is 0 Å². The van der Waals surface area contributed by atoms with E-state index < -0.39 is 0 Å². The summed E-state index contributed by atoms with van der Waals surface area (Å²) in [5, 5.41) is 4.44. The molecule has 0 radical (unpaired) electrons. The number of rotatable bonds is 3. The molecule has 0 bridgehead atoms. The van der Waals surface area contributed by atoms with Gasteiger partial charge in [-0.25, -0.2) is 0 Å². The Labute approximate surface area is 132 Å². The lowest BCUT2D eigenvalue weighted by molar-refractivity contribution is -0.121. The lowest BCUT2D eigenvalue weighted by Crippen LogP contribution is -2.35. The fourth-order valence-electron chi connectivity index (χ4n) is 3.59. The summed E-state index contributed by atoms with van der Waals surface area (Å²) in [4.78, 5) is 15.8. The number of amides is 1. The first-order valence-corrected chi connectivity index (χ1v) is 8.50. The topological polar surface area (TPSA) is 44.9 Å². The minimum Gasteiger partial charge on any atom is -0.358 e. The van der Waals surface area contributed by atoms with Gasteiger partial charge in [-0.05, 0) is 44.4 Å². The molecular formula is C19H26N2O. The first-order chi connectivity index (χ1) is 10.6. The number of aryl methyl sites for hydroxylation is 2. The number of nitrogens with one attached hydrogen (secondary N) is 2. The van der Waals surface area contributed by atoms with Crippen molar-refractivity contribution in [2.24, 2.45) is 0 Å². The van der Waals surface area contributed by atoms with E-state index in [0.29, 0.717) is 12.5 Å². The Morgan fingerprint density at radius 1 is 1.18 bits per heavy atom. The average molecular weight is 298 g/mol. The standard InChI is InChI=1S/C19H26N2O/c1-13-9-10-18-17(11-13)16(14(2)20-18)12-19(22)21-15-7-5-3-4-6-8-15/h9-11,15,20H,3-8,12H2,1-2H3,(H,21,22). The molecular weight excluding hydrogens is 272 g/mol. The van der Waals surface area contributed by atoms with Crippen molar-refractivity contribution in [1.82, 2.24) is 10.3 Å². The van der Waals surface area contributed by atoms with Crippen molar-refractivity contribution in [2.45, 2.75) is 64.8 Å². The smallest absolute Gasteiger partial charge is 0.224 e. The molecule has 0 spiro atoms. The second kappa shape index (κ2) is 6.55. The van der Waals surface area contributed by atoms with Gasteiger partial charge in [-0.3, -0.25) is 4.79 Å². The van der Waals surface area contributed by atoms with E-state index in [-0.39, 0.29) is 5.91 Å². The van der Waals surface area contributed by atoms with Crippen LogP contribution in [0.3, 0.4) is 0 Å². The Morgan fingerprint density at radius 2 is 1.91 bits per heavy atom. The summed E-state index contributed by atoms with van der Waals surface area (Å²) in [5.41, 5.74) is 4.61. The largest absolute Gasteiger partial charge is 0.358 e. The van der Waals surface area contributed by atoms with Crippen LogP contribution in [-0.4, -0.2) is 16.9 Å². The molecule has 118 valence electrons. The van der Waals surface area contributed by atoms with Gasteiger partial charge in [0.25, 0.3) is 0 Å². The fourth-order valence-corrected chi connectivity index (χ4v) is 3.59. The molecule has 3 nitrogen and oxygen atoms in total. The van der Waals surface area contributed by atoms with E-state index >= 15 is 0 Å². The molecule has 0 saturated heterocycles. The molecule has 1 heterocycles. The van der Waals surface area contributed by atoms with Crippen LogP contribution >= 0.6 is 0 Å². The number of aromatic amines is 1. The molecule has 1 aromatic heterocycles. The Hall–Kier alpha value is -1.77. The molecule has 1 aliphatic carbocycles. The van der Waals surface area contributed by atoms with Gasteiger partial charge in [-0.1, -0.05) is 37.3 Å². The van der Waals surface area contributed by atoms with Crippen LogP contribution in [0.25, 0.3) is 10.9 Å². The third kappa shape index (κ3) is 3.34. The number of carbonyl (C=O) groups excluding carboxylic acids is 1. The van der Waals surface area contributed by atoms with Crippen molar-refractivity contribution < 1.29 is 4.79 Å². The summed E-state index contributed by atoms with van der Waals surface area (Å²) in [6, 6.07) is 6.76. The van der Waals surface area contributed by atoms with Gasteiger partial charge >= 0.3 is 0 Å². The fraction of sp³-hybridized carbons (Fsp3) is 0.526. The average Bonchev–Trinajstić information content (AvgIpc) is 2.67. The van der Waals surface area contributed by atoms with Gasteiger partial charge < -0.3 is 10.3 Å². The molecule has 1 amide bonds. The lowest BCUT2D eigenvalue weighted by Gasteiger charge is -2.16. The molecule has 1 fully saturated rings. The minimum absolute atomic E-state index is 0.164. The van der Waals surface area contributed by atoms with Crippen molar-refractivity contribution >= 4 is 16.8 Å².